The number of carbonyl (C=O) groups is 1. The standard InChI is InChI=1S/C18H32O2/c1-5-16(20-17(19)18(3,4)6-2)15-11-13-8-7-9-14(10-13)12-15/h13-16H,5-12H2,1-4H3. The van der Waals surface area contributed by atoms with E-state index in [-0.39, 0.29) is 17.5 Å². The monoisotopic (exact) mass is 280 g/mol. The molecule has 0 aromatic carbocycles. The van der Waals surface area contributed by atoms with Crippen LogP contribution in [0.2, 0.25) is 0 Å². The van der Waals surface area contributed by atoms with Crippen LogP contribution in [0.4, 0.5) is 0 Å². The molecule has 2 rings (SSSR count). The third kappa shape index (κ3) is 3.56. The SMILES string of the molecule is CCC(OC(=O)C(C)(C)CC)C1CC2CCCC(C2)C1. The fourth-order valence-electron chi connectivity index (χ4n) is 4.04. The number of fused-ring (bicyclic) bond motifs is 2. The Kier molecular flexibility index (Phi) is 5.14. The Morgan fingerprint density at radius 3 is 2.25 bits per heavy atom. The molecule has 0 aromatic rings. The van der Waals surface area contributed by atoms with Crippen molar-refractivity contribution >= 4 is 5.97 Å². The molecule has 3 unspecified atom stereocenters. The predicted octanol–water partition coefficient (Wildman–Crippen LogP) is 4.96. The molecule has 2 nitrogen and oxygen atoms in total. The van der Waals surface area contributed by atoms with Crippen LogP contribution in [-0.2, 0) is 9.53 Å². The lowest BCUT2D eigenvalue weighted by molar-refractivity contribution is -0.164. The van der Waals surface area contributed by atoms with E-state index in [2.05, 4.69) is 13.8 Å². The minimum Gasteiger partial charge on any atom is -0.462 e. The molecule has 116 valence electrons. The molecule has 0 spiro atoms. The van der Waals surface area contributed by atoms with E-state index in [9.17, 15) is 4.79 Å². The zero-order valence-electron chi connectivity index (χ0n) is 13.8. The van der Waals surface area contributed by atoms with Gasteiger partial charge in [-0.1, -0.05) is 33.1 Å². The van der Waals surface area contributed by atoms with E-state index in [1.165, 1.54) is 38.5 Å². The molecule has 2 fully saturated rings. The van der Waals surface area contributed by atoms with E-state index in [0.717, 1.165) is 24.7 Å². The molecule has 2 bridgehead atoms. The molecule has 2 aliphatic carbocycles. The van der Waals surface area contributed by atoms with Gasteiger partial charge in [-0.05, 0) is 63.7 Å². The van der Waals surface area contributed by atoms with Crippen LogP contribution in [0.15, 0.2) is 0 Å². The highest BCUT2D eigenvalue weighted by atomic mass is 16.5. The Morgan fingerprint density at radius 1 is 1.15 bits per heavy atom. The van der Waals surface area contributed by atoms with Crippen molar-refractivity contribution in [3.8, 4) is 0 Å². The molecule has 3 atom stereocenters. The van der Waals surface area contributed by atoms with Gasteiger partial charge >= 0.3 is 5.97 Å². The minimum absolute atomic E-state index is 0.00239. The summed E-state index contributed by atoms with van der Waals surface area (Å²) in [5.74, 6) is 2.42. The maximum absolute atomic E-state index is 12.3. The van der Waals surface area contributed by atoms with Gasteiger partial charge in [0, 0.05) is 0 Å². The van der Waals surface area contributed by atoms with Gasteiger partial charge in [0.25, 0.3) is 0 Å². The van der Waals surface area contributed by atoms with Crippen LogP contribution in [0, 0.1) is 23.2 Å². The van der Waals surface area contributed by atoms with Gasteiger partial charge in [-0.25, -0.2) is 0 Å². The minimum atomic E-state index is -0.335. The van der Waals surface area contributed by atoms with Crippen molar-refractivity contribution < 1.29 is 9.53 Å². The maximum atomic E-state index is 12.3. The first-order valence-electron chi connectivity index (χ1n) is 8.67. The first-order valence-corrected chi connectivity index (χ1v) is 8.67. The van der Waals surface area contributed by atoms with Crippen molar-refractivity contribution in [1.82, 2.24) is 0 Å². The van der Waals surface area contributed by atoms with E-state index >= 15 is 0 Å². The number of hydrogen-bond acceptors (Lipinski definition) is 2. The Balaban J connectivity index is 1.96. The van der Waals surface area contributed by atoms with Crippen LogP contribution in [0.1, 0.15) is 79.1 Å². The van der Waals surface area contributed by atoms with Crippen LogP contribution in [0.3, 0.4) is 0 Å². The van der Waals surface area contributed by atoms with Crippen LogP contribution in [-0.4, -0.2) is 12.1 Å². The molecule has 20 heavy (non-hydrogen) atoms. The van der Waals surface area contributed by atoms with Crippen LogP contribution >= 0.6 is 0 Å². The van der Waals surface area contributed by atoms with Crippen molar-refractivity contribution in [2.45, 2.75) is 85.2 Å². The Bertz CT molecular complexity index is 322. The second-order valence-electron chi connectivity index (χ2n) is 7.72. The zero-order chi connectivity index (χ0) is 14.8. The molecule has 2 aliphatic rings. The van der Waals surface area contributed by atoms with Gasteiger partial charge in [0.1, 0.15) is 6.10 Å². The van der Waals surface area contributed by atoms with E-state index < -0.39 is 0 Å². The lowest BCUT2D eigenvalue weighted by Gasteiger charge is -2.42. The molecule has 0 N–H and O–H groups in total. The second kappa shape index (κ2) is 6.49. The van der Waals surface area contributed by atoms with E-state index in [0.29, 0.717) is 5.92 Å². The molecular formula is C18H32O2. The first-order chi connectivity index (χ1) is 9.46. The van der Waals surface area contributed by atoms with Crippen LogP contribution < -0.4 is 0 Å². The van der Waals surface area contributed by atoms with Gasteiger partial charge in [0.2, 0.25) is 0 Å². The highest BCUT2D eigenvalue weighted by molar-refractivity contribution is 5.76. The number of carbonyl (C=O) groups excluding carboxylic acids is 1. The number of hydrogen-bond donors (Lipinski definition) is 0. The normalized spacial score (nSPS) is 31.7. The van der Waals surface area contributed by atoms with Crippen LogP contribution in [0.25, 0.3) is 0 Å². The van der Waals surface area contributed by atoms with Gasteiger partial charge in [0.15, 0.2) is 0 Å². The molecule has 0 aromatic heterocycles. The Labute approximate surface area is 124 Å². The summed E-state index contributed by atoms with van der Waals surface area (Å²) in [5, 5.41) is 0. The largest absolute Gasteiger partial charge is 0.462 e. The third-order valence-corrected chi connectivity index (χ3v) is 5.79. The van der Waals surface area contributed by atoms with Crippen molar-refractivity contribution in [1.29, 1.82) is 0 Å². The van der Waals surface area contributed by atoms with Gasteiger partial charge in [-0.2, -0.15) is 0 Å². The molecular weight excluding hydrogens is 248 g/mol. The predicted molar refractivity (Wildman–Crippen MR) is 82.4 cm³/mol. The summed E-state index contributed by atoms with van der Waals surface area (Å²) in [7, 11) is 0. The average molecular weight is 280 g/mol. The molecule has 2 heteroatoms. The van der Waals surface area contributed by atoms with Crippen LogP contribution in [0.5, 0.6) is 0 Å². The average Bonchev–Trinajstić information content (AvgIpc) is 2.43. The van der Waals surface area contributed by atoms with Crippen molar-refractivity contribution in [2.75, 3.05) is 0 Å². The molecule has 2 saturated carbocycles. The summed E-state index contributed by atoms with van der Waals surface area (Å²) in [6.45, 7) is 8.23. The summed E-state index contributed by atoms with van der Waals surface area (Å²) in [6.07, 6.45) is 10.2. The third-order valence-electron chi connectivity index (χ3n) is 5.79. The van der Waals surface area contributed by atoms with Gasteiger partial charge in [-0.15, -0.1) is 0 Å². The highest BCUT2D eigenvalue weighted by Gasteiger charge is 2.38. The van der Waals surface area contributed by atoms with Crippen molar-refractivity contribution in [3.63, 3.8) is 0 Å². The molecule has 0 aliphatic heterocycles. The van der Waals surface area contributed by atoms with Gasteiger partial charge in [0.05, 0.1) is 5.41 Å². The first kappa shape index (κ1) is 15.9. The highest BCUT2D eigenvalue weighted by Crippen LogP contribution is 2.44. The Hall–Kier alpha value is -0.530. The quantitative estimate of drug-likeness (QED) is 0.665. The lowest BCUT2D eigenvalue weighted by Crippen LogP contribution is -2.38. The zero-order valence-corrected chi connectivity index (χ0v) is 13.8. The molecule has 0 amide bonds. The summed E-state index contributed by atoms with van der Waals surface area (Å²) in [4.78, 5) is 12.3. The molecule has 0 heterocycles. The maximum Gasteiger partial charge on any atom is 0.311 e. The summed E-state index contributed by atoms with van der Waals surface area (Å²) in [5.41, 5.74) is -0.335. The molecule has 0 radical (unpaired) electrons. The van der Waals surface area contributed by atoms with Crippen molar-refractivity contribution in [2.24, 2.45) is 23.2 Å². The summed E-state index contributed by atoms with van der Waals surface area (Å²) < 4.78 is 5.92. The number of esters is 1. The smallest absolute Gasteiger partial charge is 0.311 e. The summed E-state index contributed by atoms with van der Waals surface area (Å²) >= 11 is 0. The summed E-state index contributed by atoms with van der Waals surface area (Å²) in [6, 6.07) is 0. The van der Waals surface area contributed by atoms with Crippen molar-refractivity contribution in [3.05, 3.63) is 0 Å². The van der Waals surface area contributed by atoms with E-state index in [1.807, 2.05) is 13.8 Å². The number of ether oxygens (including phenoxy) is 1. The second-order valence-corrected chi connectivity index (χ2v) is 7.72. The molecule has 0 saturated heterocycles. The van der Waals surface area contributed by atoms with Gasteiger partial charge in [-0.3, -0.25) is 4.79 Å². The number of rotatable bonds is 5. The fraction of sp³-hybridized carbons (Fsp3) is 0.944. The fourth-order valence-corrected chi connectivity index (χ4v) is 4.04. The lowest BCUT2D eigenvalue weighted by atomic mass is 9.66. The van der Waals surface area contributed by atoms with E-state index in [1.54, 1.807) is 0 Å². The van der Waals surface area contributed by atoms with E-state index in [4.69, 9.17) is 4.74 Å². The Morgan fingerprint density at radius 2 is 1.75 bits per heavy atom. The topological polar surface area (TPSA) is 26.3 Å². The van der Waals surface area contributed by atoms with Gasteiger partial charge < -0.3 is 4.74 Å².